The van der Waals surface area contributed by atoms with Crippen LogP contribution in [0.2, 0.25) is 0 Å². The Balaban J connectivity index is 3.10. The van der Waals surface area contributed by atoms with Crippen molar-refractivity contribution in [3.63, 3.8) is 0 Å². The van der Waals surface area contributed by atoms with Gasteiger partial charge < -0.3 is 5.32 Å². The number of rotatable bonds is 18. The van der Waals surface area contributed by atoms with Crippen molar-refractivity contribution < 1.29 is 18.0 Å². The number of alkyl halides is 3. The molecule has 0 aromatic heterocycles. The normalized spacial score (nSPS) is 11.7. The summed E-state index contributed by atoms with van der Waals surface area (Å²) in [5, 5.41) is 1.91. The van der Waals surface area contributed by atoms with Crippen molar-refractivity contribution in [2.75, 3.05) is 6.54 Å². The quantitative estimate of drug-likeness (QED) is 0.248. The van der Waals surface area contributed by atoms with Gasteiger partial charge in [-0.1, -0.05) is 110 Å². The molecule has 0 aliphatic rings. The van der Waals surface area contributed by atoms with Gasteiger partial charge in [0.05, 0.1) is 0 Å². The predicted molar refractivity (Wildman–Crippen MR) is 103 cm³/mol. The monoisotopic (exact) mass is 379 g/mol. The van der Waals surface area contributed by atoms with Crippen LogP contribution in [0.15, 0.2) is 0 Å². The molecule has 0 heterocycles. The molecule has 0 aliphatic heterocycles. The zero-order valence-corrected chi connectivity index (χ0v) is 16.8. The number of hydrogen-bond donors (Lipinski definition) is 1. The predicted octanol–water partition coefficient (Wildman–Crippen LogP) is 7.32. The third-order valence-corrected chi connectivity index (χ3v) is 4.82. The topological polar surface area (TPSA) is 29.1 Å². The average molecular weight is 380 g/mol. The summed E-state index contributed by atoms with van der Waals surface area (Å²) in [4.78, 5) is 10.6. The van der Waals surface area contributed by atoms with Crippen molar-refractivity contribution in [1.29, 1.82) is 0 Å². The Morgan fingerprint density at radius 3 is 1.23 bits per heavy atom. The van der Waals surface area contributed by atoms with Crippen molar-refractivity contribution in [2.24, 2.45) is 0 Å². The highest BCUT2D eigenvalue weighted by atomic mass is 19.4. The van der Waals surface area contributed by atoms with E-state index in [-0.39, 0.29) is 6.54 Å². The van der Waals surface area contributed by atoms with Crippen molar-refractivity contribution in [2.45, 2.75) is 122 Å². The van der Waals surface area contributed by atoms with Crippen molar-refractivity contribution in [3.05, 3.63) is 0 Å². The molecule has 0 bridgehead atoms. The minimum atomic E-state index is -4.76. The summed E-state index contributed by atoms with van der Waals surface area (Å²) >= 11 is 0. The molecule has 5 heteroatoms. The fourth-order valence-electron chi connectivity index (χ4n) is 3.15. The molecule has 0 unspecified atom stereocenters. The Bertz CT molecular complexity index is 319. The zero-order valence-electron chi connectivity index (χ0n) is 16.8. The van der Waals surface area contributed by atoms with Crippen molar-refractivity contribution in [3.8, 4) is 0 Å². The highest BCUT2D eigenvalue weighted by Gasteiger charge is 2.38. The zero-order chi connectivity index (χ0) is 19.5. The standard InChI is InChI=1S/C21H40F3NO/c1-2-3-4-5-6-7-8-9-10-11-12-13-14-15-16-17-18-19-25-20(26)21(22,23)24/h2-19H2,1H3,(H,25,26). The highest BCUT2D eigenvalue weighted by molar-refractivity contribution is 5.81. The van der Waals surface area contributed by atoms with E-state index in [4.69, 9.17) is 0 Å². The second-order valence-corrected chi connectivity index (χ2v) is 7.41. The van der Waals surface area contributed by atoms with Crippen LogP contribution in [0.3, 0.4) is 0 Å². The van der Waals surface area contributed by atoms with Crippen molar-refractivity contribution >= 4 is 5.91 Å². The van der Waals surface area contributed by atoms with Crippen LogP contribution < -0.4 is 5.32 Å². The molecule has 0 radical (unpaired) electrons. The third-order valence-electron chi connectivity index (χ3n) is 4.82. The molecule has 26 heavy (non-hydrogen) atoms. The van der Waals surface area contributed by atoms with Crippen molar-refractivity contribution in [1.82, 2.24) is 5.32 Å². The summed E-state index contributed by atoms with van der Waals surface area (Å²) in [6.45, 7) is 2.38. The number of halogens is 3. The number of carbonyl (C=O) groups excluding carboxylic acids is 1. The molecule has 0 fully saturated rings. The smallest absolute Gasteiger partial charge is 0.348 e. The maximum atomic E-state index is 12.0. The Hall–Kier alpha value is -0.740. The van der Waals surface area contributed by atoms with E-state index >= 15 is 0 Å². The maximum absolute atomic E-state index is 12.0. The highest BCUT2D eigenvalue weighted by Crippen LogP contribution is 2.15. The Labute approximate surface area is 158 Å². The first kappa shape index (κ1) is 25.3. The number of unbranched alkanes of at least 4 members (excludes halogenated alkanes) is 16. The summed E-state index contributed by atoms with van der Waals surface area (Å²) in [6.07, 6.45) is 16.5. The molecule has 0 atom stereocenters. The second-order valence-electron chi connectivity index (χ2n) is 7.41. The Morgan fingerprint density at radius 1 is 0.615 bits per heavy atom. The molecule has 0 aromatic carbocycles. The fourth-order valence-corrected chi connectivity index (χ4v) is 3.15. The molecule has 0 aromatic rings. The number of carbonyl (C=O) groups is 1. The molecular formula is C21H40F3NO. The lowest BCUT2D eigenvalue weighted by atomic mass is 10.0. The van der Waals surface area contributed by atoms with Gasteiger partial charge in [-0.3, -0.25) is 4.79 Å². The van der Waals surface area contributed by atoms with Crippen LogP contribution in [0.5, 0.6) is 0 Å². The van der Waals surface area contributed by atoms with Crippen LogP contribution >= 0.6 is 0 Å². The van der Waals surface area contributed by atoms with Gasteiger partial charge in [0.1, 0.15) is 0 Å². The minimum absolute atomic E-state index is 0.122. The van der Waals surface area contributed by atoms with E-state index in [1.54, 1.807) is 0 Å². The van der Waals surface area contributed by atoms with Gasteiger partial charge in [-0.05, 0) is 6.42 Å². The van der Waals surface area contributed by atoms with E-state index < -0.39 is 12.1 Å². The van der Waals surface area contributed by atoms with Gasteiger partial charge in [-0.25, -0.2) is 0 Å². The summed E-state index contributed by atoms with van der Waals surface area (Å²) in [5.41, 5.74) is 0. The van der Waals surface area contributed by atoms with Gasteiger partial charge in [-0.15, -0.1) is 0 Å². The van der Waals surface area contributed by atoms with Crippen LogP contribution in [0.4, 0.5) is 13.2 Å². The summed E-state index contributed by atoms with van der Waals surface area (Å²) in [7, 11) is 0. The van der Waals surface area contributed by atoms with Gasteiger partial charge in [0, 0.05) is 6.54 Å². The molecule has 1 N–H and O–H groups in total. The molecule has 0 saturated carbocycles. The molecular weight excluding hydrogens is 339 g/mol. The fraction of sp³-hybridized carbons (Fsp3) is 0.952. The van der Waals surface area contributed by atoms with Gasteiger partial charge in [0.2, 0.25) is 0 Å². The Kier molecular flexibility index (Phi) is 17.2. The van der Waals surface area contributed by atoms with Gasteiger partial charge in [0.15, 0.2) is 0 Å². The second kappa shape index (κ2) is 17.7. The third kappa shape index (κ3) is 18.1. The molecule has 156 valence electrons. The number of amides is 1. The first-order chi connectivity index (χ1) is 12.5. The van der Waals surface area contributed by atoms with Gasteiger partial charge in [0.25, 0.3) is 0 Å². The SMILES string of the molecule is CCCCCCCCCCCCCCCCCCCNC(=O)C(F)(F)F. The number of hydrogen-bond acceptors (Lipinski definition) is 1. The summed E-state index contributed by atoms with van der Waals surface area (Å²) < 4.78 is 35.9. The maximum Gasteiger partial charge on any atom is 0.471 e. The molecule has 2 nitrogen and oxygen atoms in total. The molecule has 1 amide bonds. The first-order valence-corrected chi connectivity index (χ1v) is 10.8. The van der Waals surface area contributed by atoms with Crippen LogP contribution in [0.25, 0.3) is 0 Å². The van der Waals surface area contributed by atoms with Gasteiger partial charge in [-0.2, -0.15) is 13.2 Å². The average Bonchev–Trinajstić information content (AvgIpc) is 2.59. The molecule has 0 rings (SSSR count). The molecule has 0 aliphatic carbocycles. The first-order valence-electron chi connectivity index (χ1n) is 10.8. The Morgan fingerprint density at radius 2 is 0.923 bits per heavy atom. The van der Waals surface area contributed by atoms with Gasteiger partial charge >= 0.3 is 12.1 Å². The van der Waals surface area contributed by atoms with E-state index in [2.05, 4.69) is 6.92 Å². The lowest BCUT2D eigenvalue weighted by Crippen LogP contribution is -2.37. The van der Waals surface area contributed by atoms with E-state index in [1.165, 1.54) is 83.5 Å². The van der Waals surface area contributed by atoms with E-state index in [1.807, 2.05) is 5.32 Å². The lowest BCUT2D eigenvalue weighted by Gasteiger charge is -2.07. The summed E-state index contributed by atoms with van der Waals surface area (Å²) in [5.74, 6) is -1.83. The van der Waals surface area contributed by atoms with Crippen LogP contribution in [0, 0.1) is 0 Å². The molecule has 0 spiro atoms. The van der Waals surface area contributed by atoms with Crippen LogP contribution in [-0.4, -0.2) is 18.6 Å². The van der Waals surface area contributed by atoms with E-state index in [0.29, 0.717) is 6.42 Å². The molecule has 0 saturated heterocycles. The largest absolute Gasteiger partial charge is 0.471 e. The van der Waals surface area contributed by atoms with Crippen LogP contribution in [-0.2, 0) is 4.79 Å². The number of nitrogens with one attached hydrogen (secondary N) is 1. The minimum Gasteiger partial charge on any atom is -0.348 e. The van der Waals surface area contributed by atoms with E-state index in [0.717, 1.165) is 19.3 Å². The van der Waals surface area contributed by atoms with Crippen LogP contribution in [0.1, 0.15) is 116 Å². The van der Waals surface area contributed by atoms with E-state index in [9.17, 15) is 18.0 Å². The lowest BCUT2D eigenvalue weighted by molar-refractivity contribution is -0.173. The summed E-state index contributed by atoms with van der Waals surface area (Å²) in [6, 6.07) is 0.